The molecule has 216 valence electrons. The molecule has 6 nitrogen and oxygen atoms in total. The number of anilines is 2. The second-order valence-corrected chi connectivity index (χ2v) is 14.3. The Kier molecular flexibility index (Phi) is 6.83. The molecule has 0 spiro atoms. The van der Waals surface area contributed by atoms with Gasteiger partial charge >= 0.3 is 0 Å². The average Bonchev–Trinajstić information content (AvgIpc) is 3.41. The summed E-state index contributed by atoms with van der Waals surface area (Å²) in [7, 11) is 1.88. The van der Waals surface area contributed by atoms with E-state index in [1.807, 2.05) is 11.9 Å². The van der Waals surface area contributed by atoms with E-state index in [0.717, 1.165) is 62.7 Å². The van der Waals surface area contributed by atoms with Crippen molar-refractivity contribution in [3.05, 3.63) is 24.0 Å². The number of amides is 1. The first-order valence-electron chi connectivity index (χ1n) is 15.3. The number of aliphatic hydroxyl groups is 3. The minimum atomic E-state index is -0.418. The van der Waals surface area contributed by atoms with Crippen molar-refractivity contribution < 1.29 is 24.5 Å². The number of benzene rings is 1. The highest BCUT2D eigenvalue weighted by Crippen LogP contribution is 2.68. The molecule has 5 aliphatic rings. The molecule has 0 aromatic heterocycles. The normalized spacial score (nSPS) is 43.9. The summed E-state index contributed by atoms with van der Waals surface area (Å²) in [5.41, 5.74) is 1.33. The van der Waals surface area contributed by atoms with E-state index in [4.69, 9.17) is 0 Å². The summed E-state index contributed by atoms with van der Waals surface area (Å²) in [6.07, 6.45) is 6.24. The molecule has 0 bridgehead atoms. The van der Waals surface area contributed by atoms with Gasteiger partial charge in [-0.2, -0.15) is 0 Å². The average molecular weight is 543 g/mol. The van der Waals surface area contributed by atoms with E-state index in [-0.39, 0.29) is 52.5 Å². The van der Waals surface area contributed by atoms with Crippen LogP contribution in [0.4, 0.5) is 15.8 Å². The van der Waals surface area contributed by atoms with Crippen LogP contribution >= 0.6 is 0 Å². The maximum Gasteiger partial charge on any atom is 0.228 e. The molecule has 6 rings (SSSR count). The first-order chi connectivity index (χ1) is 18.4. The Morgan fingerprint density at radius 3 is 2.62 bits per heavy atom. The zero-order valence-electron chi connectivity index (χ0n) is 24.0. The molecule has 4 saturated carbocycles. The molecule has 1 amide bonds. The fraction of sp³-hybridized carbons (Fsp3) is 0.781. The highest BCUT2D eigenvalue weighted by molar-refractivity contribution is 5.99. The van der Waals surface area contributed by atoms with Crippen LogP contribution in [0.25, 0.3) is 0 Å². The number of halogens is 1. The molecule has 11 atom stereocenters. The van der Waals surface area contributed by atoms with Crippen molar-refractivity contribution in [2.24, 2.45) is 46.3 Å². The van der Waals surface area contributed by atoms with Gasteiger partial charge in [-0.3, -0.25) is 9.69 Å². The third-order valence-corrected chi connectivity index (χ3v) is 12.6. The zero-order valence-corrected chi connectivity index (χ0v) is 24.0. The Balaban J connectivity index is 1.16. The molecule has 7 heteroatoms. The van der Waals surface area contributed by atoms with Crippen molar-refractivity contribution in [2.75, 3.05) is 23.5 Å². The van der Waals surface area contributed by atoms with E-state index >= 15 is 0 Å². The summed E-state index contributed by atoms with van der Waals surface area (Å²) < 4.78 is 13.8. The maximum atomic E-state index is 13.8. The number of carbonyl (C=O) groups excluding carboxylic acids is 1. The first-order valence-corrected chi connectivity index (χ1v) is 15.3. The molecule has 4 fully saturated rings. The van der Waals surface area contributed by atoms with Crippen molar-refractivity contribution in [1.29, 1.82) is 0 Å². The quantitative estimate of drug-likeness (QED) is 0.502. The Morgan fingerprint density at radius 2 is 1.85 bits per heavy atom. The van der Waals surface area contributed by atoms with Crippen molar-refractivity contribution in [3.63, 3.8) is 0 Å². The minimum Gasteiger partial charge on any atom is -0.393 e. The van der Waals surface area contributed by atoms with Crippen LogP contribution < -0.4 is 9.80 Å². The predicted octanol–water partition coefficient (Wildman–Crippen LogP) is 4.94. The largest absolute Gasteiger partial charge is 0.393 e. The number of carbonyl (C=O) groups is 1. The molecule has 1 aromatic carbocycles. The van der Waals surface area contributed by atoms with Crippen LogP contribution in [0.5, 0.6) is 0 Å². The van der Waals surface area contributed by atoms with Gasteiger partial charge in [0.2, 0.25) is 5.91 Å². The SMILES string of the molecule is C[C@H](CCC(=O)N1CN(C)c2cc(F)ccc21)[C@H]1CC[C@H]2[C@@H]3[C@H](O)C[C@@H]4C[C@H](O)CC[C@]4(C)[C@H]3C[C@H](O)[C@]12C. The lowest BCUT2D eigenvalue weighted by atomic mass is 9.43. The van der Waals surface area contributed by atoms with E-state index in [9.17, 15) is 24.5 Å². The molecule has 4 aliphatic carbocycles. The Labute approximate surface area is 232 Å². The molecule has 0 unspecified atom stereocenters. The molecule has 1 heterocycles. The third kappa shape index (κ3) is 4.16. The number of fused-ring (bicyclic) bond motifs is 6. The number of hydrogen-bond donors (Lipinski definition) is 3. The van der Waals surface area contributed by atoms with Gasteiger partial charge in [-0.25, -0.2) is 4.39 Å². The molecular weight excluding hydrogens is 495 g/mol. The molecule has 1 aromatic rings. The first kappa shape index (κ1) is 27.5. The van der Waals surface area contributed by atoms with Gasteiger partial charge < -0.3 is 20.2 Å². The van der Waals surface area contributed by atoms with Crippen LogP contribution in [0.15, 0.2) is 18.2 Å². The highest BCUT2D eigenvalue weighted by atomic mass is 19.1. The molecular formula is C32H47FN2O4. The van der Waals surface area contributed by atoms with Gasteiger partial charge in [0.25, 0.3) is 0 Å². The number of aliphatic hydroxyl groups excluding tert-OH is 3. The molecule has 0 saturated heterocycles. The topological polar surface area (TPSA) is 84.2 Å². The Morgan fingerprint density at radius 1 is 1.08 bits per heavy atom. The minimum absolute atomic E-state index is 0.0594. The van der Waals surface area contributed by atoms with Crippen LogP contribution in [-0.4, -0.2) is 53.3 Å². The standard InChI is InChI=1S/C32H47FN2O4/c1-18(5-10-29(39)35-17-34(4)26-15-20(33)6-9-25(26)35)22-7-8-23-30-24(16-28(38)32(22,23)3)31(2)12-11-21(36)13-19(31)14-27(30)37/h6,9,15,18-19,21-24,27-28,30,36-38H,5,7-8,10-14,16-17H2,1-4H3/t18-,19+,21-,22-,23+,24+,27-,28+,30+,31+,32-/m1/s1. The van der Waals surface area contributed by atoms with Gasteiger partial charge in [-0.05, 0) is 116 Å². The van der Waals surface area contributed by atoms with E-state index in [1.165, 1.54) is 12.1 Å². The van der Waals surface area contributed by atoms with Gasteiger partial charge in [0.15, 0.2) is 0 Å². The molecule has 39 heavy (non-hydrogen) atoms. The van der Waals surface area contributed by atoms with Gasteiger partial charge in [0.1, 0.15) is 5.82 Å². The Bertz CT molecular complexity index is 1120. The van der Waals surface area contributed by atoms with Crippen molar-refractivity contribution >= 4 is 17.3 Å². The van der Waals surface area contributed by atoms with Crippen LogP contribution in [0, 0.1) is 52.2 Å². The lowest BCUT2D eigenvalue weighted by Gasteiger charge is -2.63. The second kappa shape index (κ2) is 9.70. The van der Waals surface area contributed by atoms with Crippen LogP contribution in [-0.2, 0) is 4.79 Å². The number of hydrogen-bond acceptors (Lipinski definition) is 5. The van der Waals surface area contributed by atoms with Gasteiger partial charge in [0.05, 0.1) is 36.4 Å². The van der Waals surface area contributed by atoms with E-state index in [2.05, 4.69) is 20.8 Å². The monoisotopic (exact) mass is 542 g/mol. The smallest absolute Gasteiger partial charge is 0.228 e. The predicted molar refractivity (Wildman–Crippen MR) is 150 cm³/mol. The van der Waals surface area contributed by atoms with Crippen molar-refractivity contribution in [2.45, 2.75) is 96.9 Å². The zero-order chi connectivity index (χ0) is 27.9. The van der Waals surface area contributed by atoms with E-state index in [0.29, 0.717) is 30.8 Å². The maximum absolute atomic E-state index is 13.8. The lowest BCUT2D eigenvalue weighted by molar-refractivity contribution is -0.207. The number of rotatable bonds is 4. The lowest BCUT2D eigenvalue weighted by Crippen LogP contribution is -2.62. The summed E-state index contributed by atoms with van der Waals surface area (Å²) in [5, 5.41) is 33.6. The third-order valence-electron chi connectivity index (χ3n) is 12.6. The van der Waals surface area contributed by atoms with Crippen LogP contribution in [0.3, 0.4) is 0 Å². The summed E-state index contributed by atoms with van der Waals surface area (Å²) in [6.45, 7) is 7.30. The molecule has 1 aliphatic heterocycles. The summed E-state index contributed by atoms with van der Waals surface area (Å²) in [5.74, 6) is 1.44. The second-order valence-electron chi connectivity index (χ2n) is 14.3. The van der Waals surface area contributed by atoms with Gasteiger partial charge in [0, 0.05) is 13.5 Å². The van der Waals surface area contributed by atoms with Crippen LogP contribution in [0.1, 0.15) is 78.6 Å². The molecule has 3 N–H and O–H groups in total. The highest BCUT2D eigenvalue weighted by Gasteiger charge is 2.65. The number of nitrogens with zero attached hydrogens (tertiary/aromatic N) is 2. The van der Waals surface area contributed by atoms with E-state index in [1.54, 1.807) is 11.0 Å². The fourth-order valence-electron chi connectivity index (χ4n) is 10.4. The summed E-state index contributed by atoms with van der Waals surface area (Å²) in [4.78, 5) is 17.0. The van der Waals surface area contributed by atoms with Crippen molar-refractivity contribution in [1.82, 2.24) is 0 Å². The van der Waals surface area contributed by atoms with Crippen molar-refractivity contribution in [3.8, 4) is 0 Å². The van der Waals surface area contributed by atoms with E-state index < -0.39 is 6.10 Å². The van der Waals surface area contributed by atoms with Gasteiger partial charge in [-0.1, -0.05) is 20.8 Å². The van der Waals surface area contributed by atoms with Gasteiger partial charge in [-0.15, -0.1) is 0 Å². The summed E-state index contributed by atoms with van der Waals surface area (Å²) >= 11 is 0. The molecule has 0 radical (unpaired) electrons. The van der Waals surface area contributed by atoms with Crippen LogP contribution in [0.2, 0.25) is 0 Å². The summed E-state index contributed by atoms with van der Waals surface area (Å²) in [6, 6.07) is 4.59. The fourth-order valence-corrected chi connectivity index (χ4v) is 10.4. The Hall–Kier alpha value is -1.70.